The van der Waals surface area contributed by atoms with Crippen LogP contribution >= 0.6 is 0 Å². The predicted molar refractivity (Wildman–Crippen MR) is 194 cm³/mol. The second-order valence-corrected chi connectivity index (χ2v) is 13.5. The normalized spacial score (nSPS) is 19.0. The van der Waals surface area contributed by atoms with Gasteiger partial charge in [-0.15, -0.1) is 6.42 Å². The second-order valence-electron chi connectivity index (χ2n) is 13.5. The lowest BCUT2D eigenvalue weighted by Gasteiger charge is -2.33. The summed E-state index contributed by atoms with van der Waals surface area (Å²) in [5, 5.41) is 3.26. The zero-order valence-electron chi connectivity index (χ0n) is 27.8. The average Bonchev–Trinajstić information content (AvgIpc) is 3.73. The summed E-state index contributed by atoms with van der Waals surface area (Å²) >= 11 is 0. The van der Waals surface area contributed by atoms with Gasteiger partial charge in [-0.2, -0.15) is 0 Å². The Kier molecular flexibility index (Phi) is 9.07. The maximum atomic E-state index is 13.9. The Balaban J connectivity index is 1.06. The molecule has 0 saturated heterocycles. The lowest BCUT2D eigenvalue weighted by Crippen LogP contribution is -2.35. The van der Waals surface area contributed by atoms with Gasteiger partial charge in [-0.1, -0.05) is 91.7 Å². The van der Waals surface area contributed by atoms with E-state index in [-0.39, 0.29) is 17.7 Å². The van der Waals surface area contributed by atoms with Crippen molar-refractivity contribution in [3.05, 3.63) is 137 Å². The Hall–Kier alpha value is -5.21. The molecule has 1 amide bonds. The fourth-order valence-corrected chi connectivity index (χ4v) is 7.55. The van der Waals surface area contributed by atoms with Crippen LogP contribution in [-0.2, 0) is 24.8 Å². The lowest BCUT2D eigenvalue weighted by molar-refractivity contribution is -0.124. The van der Waals surface area contributed by atoms with Crippen LogP contribution in [0.5, 0.6) is 0 Å². The molecule has 0 radical (unpaired) electrons. The average molecular weight is 631 g/mol. The van der Waals surface area contributed by atoms with E-state index < -0.39 is 0 Å². The van der Waals surface area contributed by atoms with Gasteiger partial charge in [0.05, 0.1) is 17.2 Å². The van der Waals surface area contributed by atoms with Gasteiger partial charge in [-0.3, -0.25) is 4.79 Å². The van der Waals surface area contributed by atoms with Crippen LogP contribution in [0.2, 0.25) is 0 Å². The van der Waals surface area contributed by atoms with E-state index in [0.717, 1.165) is 71.4 Å². The van der Waals surface area contributed by atoms with Crippen molar-refractivity contribution in [2.45, 2.75) is 57.4 Å². The molecule has 7 rings (SSSR count). The Labute approximate surface area is 284 Å². The number of carbonyl (C=O) groups excluding carboxylic acids is 1. The number of benzene rings is 3. The van der Waals surface area contributed by atoms with Crippen molar-refractivity contribution in [3.63, 3.8) is 0 Å². The standard InChI is InChI=1S/C43H42N4O/c1-4-32-27-44-40(46-42(32)37-20-21-39-29(2)10-13-36(39)25-37)24-30-11-14-34(15-12-30)41(43(48)45-26-31-8-6-5-7-9-31)35-18-16-33(17-19-35)38-22-23-47(3)28-38/h1,5-10,13,16-23,25,27-30,34,41H,11-12,14-15,24,26H2,2-3H3,(H,45,48). The van der Waals surface area contributed by atoms with Crippen LogP contribution in [0.3, 0.4) is 0 Å². The van der Waals surface area contributed by atoms with Crippen molar-refractivity contribution in [1.29, 1.82) is 0 Å². The maximum absolute atomic E-state index is 13.9. The smallest absolute Gasteiger partial charge is 0.228 e. The fourth-order valence-electron chi connectivity index (χ4n) is 7.55. The molecule has 1 N–H and O–H groups in total. The van der Waals surface area contributed by atoms with E-state index in [2.05, 4.69) is 108 Å². The highest BCUT2D eigenvalue weighted by Crippen LogP contribution is 2.40. The van der Waals surface area contributed by atoms with Crippen LogP contribution < -0.4 is 5.32 Å². The Morgan fingerprint density at radius 1 is 0.979 bits per heavy atom. The maximum Gasteiger partial charge on any atom is 0.228 e. The molecule has 5 aromatic rings. The Morgan fingerprint density at radius 3 is 2.48 bits per heavy atom. The largest absolute Gasteiger partial charge is 0.357 e. The summed E-state index contributed by atoms with van der Waals surface area (Å²) in [7, 11) is 2.03. The molecule has 5 heteroatoms. The van der Waals surface area contributed by atoms with E-state index >= 15 is 0 Å². The van der Waals surface area contributed by atoms with E-state index in [4.69, 9.17) is 16.4 Å². The molecule has 5 nitrogen and oxygen atoms in total. The summed E-state index contributed by atoms with van der Waals surface area (Å²) in [5.74, 6) is 4.70. The molecule has 2 aliphatic rings. The summed E-state index contributed by atoms with van der Waals surface area (Å²) in [5.41, 5.74) is 9.70. The molecule has 48 heavy (non-hydrogen) atoms. The number of allylic oxidation sites excluding steroid dienone is 1. The first-order valence-electron chi connectivity index (χ1n) is 17.1. The molecule has 2 aliphatic carbocycles. The third-order valence-corrected chi connectivity index (χ3v) is 10.3. The number of carbonyl (C=O) groups is 1. The minimum absolute atomic E-state index is 0.103. The molecular formula is C43H42N4O. The predicted octanol–water partition coefficient (Wildman–Crippen LogP) is 8.71. The monoisotopic (exact) mass is 630 g/mol. The second kappa shape index (κ2) is 13.9. The molecule has 3 aromatic carbocycles. The SMILES string of the molecule is C#Cc1cnc(CC2CCC(C(C(=O)NCc3ccccc3)c3ccc(-c4ccn(C)c4)cc3)CC2)nc1-c1ccc2c(c1)C=CC2C. The topological polar surface area (TPSA) is 59.8 Å². The molecule has 240 valence electrons. The quantitative estimate of drug-likeness (QED) is 0.166. The number of nitrogens with one attached hydrogen (secondary N) is 1. The molecule has 1 fully saturated rings. The number of rotatable bonds is 9. The van der Waals surface area contributed by atoms with E-state index in [9.17, 15) is 4.79 Å². The number of aromatic nitrogens is 3. The molecule has 0 spiro atoms. The number of hydrogen-bond donors (Lipinski definition) is 1. The van der Waals surface area contributed by atoms with Gasteiger partial charge in [0, 0.05) is 44.2 Å². The number of aryl methyl sites for hydroxylation is 1. The summed E-state index contributed by atoms with van der Waals surface area (Å²) < 4.78 is 2.06. The number of hydrogen-bond acceptors (Lipinski definition) is 3. The van der Waals surface area contributed by atoms with Gasteiger partial charge in [-0.25, -0.2) is 9.97 Å². The van der Waals surface area contributed by atoms with Crippen molar-refractivity contribution >= 4 is 12.0 Å². The van der Waals surface area contributed by atoms with Crippen molar-refractivity contribution < 1.29 is 4.79 Å². The molecule has 2 aromatic heterocycles. The summed E-state index contributed by atoms with van der Waals surface area (Å²) in [6.07, 6.45) is 21.1. The van der Waals surface area contributed by atoms with Crippen LogP contribution in [0, 0.1) is 24.2 Å². The van der Waals surface area contributed by atoms with E-state index in [1.165, 1.54) is 16.7 Å². The van der Waals surface area contributed by atoms with Gasteiger partial charge in [0.1, 0.15) is 5.82 Å². The van der Waals surface area contributed by atoms with E-state index in [1.54, 1.807) is 6.20 Å². The highest BCUT2D eigenvalue weighted by molar-refractivity contribution is 5.84. The van der Waals surface area contributed by atoms with Crippen LogP contribution in [-0.4, -0.2) is 20.4 Å². The van der Waals surface area contributed by atoms with Crippen molar-refractivity contribution in [2.75, 3.05) is 0 Å². The Bertz CT molecular complexity index is 1970. The highest BCUT2D eigenvalue weighted by atomic mass is 16.1. The third kappa shape index (κ3) is 6.75. The van der Waals surface area contributed by atoms with Crippen LogP contribution in [0.1, 0.15) is 78.1 Å². The summed E-state index contributed by atoms with van der Waals surface area (Å²) in [4.78, 5) is 23.6. The first-order valence-corrected chi connectivity index (χ1v) is 17.1. The first kappa shape index (κ1) is 31.4. The Morgan fingerprint density at radius 2 is 1.75 bits per heavy atom. The molecular weight excluding hydrogens is 589 g/mol. The minimum Gasteiger partial charge on any atom is -0.357 e. The van der Waals surface area contributed by atoms with Gasteiger partial charge in [0.2, 0.25) is 5.91 Å². The van der Waals surface area contributed by atoms with Crippen molar-refractivity contribution in [1.82, 2.24) is 19.9 Å². The minimum atomic E-state index is -0.200. The molecule has 1 saturated carbocycles. The summed E-state index contributed by atoms with van der Waals surface area (Å²) in [6, 6.07) is 27.4. The molecule has 2 heterocycles. The highest BCUT2D eigenvalue weighted by Gasteiger charge is 2.33. The molecule has 2 unspecified atom stereocenters. The molecule has 2 atom stereocenters. The van der Waals surface area contributed by atoms with Crippen molar-refractivity contribution in [3.8, 4) is 34.7 Å². The number of nitrogens with zero attached hydrogens (tertiary/aromatic N) is 3. The van der Waals surface area contributed by atoms with Gasteiger partial charge in [0.25, 0.3) is 0 Å². The van der Waals surface area contributed by atoms with Crippen LogP contribution in [0.25, 0.3) is 28.5 Å². The van der Waals surface area contributed by atoms with E-state index in [0.29, 0.717) is 18.4 Å². The van der Waals surface area contributed by atoms with Gasteiger partial charge in [-0.05, 0) is 89.0 Å². The van der Waals surface area contributed by atoms with Gasteiger partial charge < -0.3 is 9.88 Å². The first-order chi connectivity index (χ1) is 23.4. The third-order valence-electron chi connectivity index (χ3n) is 10.3. The fraction of sp³-hybridized carbons (Fsp3) is 0.279. The molecule has 0 aliphatic heterocycles. The van der Waals surface area contributed by atoms with E-state index in [1.807, 2.05) is 25.2 Å². The van der Waals surface area contributed by atoms with Crippen LogP contribution in [0.15, 0.2) is 104 Å². The molecule has 0 bridgehead atoms. The number of terminal acetylenes is 1. The van der Waals surface area contributed by atoms with Crippen LogP contribution in [0.4, 0.5) is 0 Å². The number of amides is 1. The van der Waals surface area contributed by atoms with Crippen molar-refractivity contribution in [2.24, 2.45) is 18.9 Å². The summed E-state index contributed by atoms with van der Waals surface area (Å²) in [6.45, 7) is 2.74. The number of fused-ring (bicyclic) bond motifs is 1. The van der Waals surface area contributed by atoms with Gasteiger partial charge >= 0.3 is 0 Å². The van der Waals surface area contributed by atoms with Gasteiger partial charge in [0.15, 0.2) is 0 Å². The zero-order chi connectivity index (χ0) is 33.0. The zero-order valence-corrected chi connectivity index (χ0v) is 27.8. The lowest BCUT2D eigenvalue weighted by atomic mass is 9.72.